The molecular formula is C43H81NO9. The minimum absolute atomic E-state index is 0.303. The Bertz CT molecular complexity index is 901. The fourth-order valence-electron chi connectivity index (χ4n) is 6.74. The van der Waals surface area contributed by atoms with Crippen molar-refractivity contribution in [2.45, 2.75) is 230 Å². The molecule has 8 unspecified atom stereocenters. The predicted octanol–water partition coefficient (Wildman–Crippen LogP) is 7.30. The van der Waals surface area contributed by atoms with Gasteiger partial charge >= 0.3 is 0 Å². The Balaban J connectivity index is 2.47. The molecular weight excluding hydrogens is 674 g/mol. The normalized spacial score (nSPS) is 22.5. The van der Waals surface area contributed by atoms with E-state index in [1.165, 1.54) is 109 Å². The molecule has 0 aromatic heterocycles. The summed E-state index contributed by atoms with van der Waals surface area (Å²) in [5.74, 6) is -0.623. The molecule has 0 saturated carbocycles. The van der Waals surface area contributed by atoms with Gasteiger partial charge in [0.15, 0.2) is 6.29 Å². The maximum absolute atomic E-state index is 13.0. The number of amides is 1. The third kappa shape index (κ3) is 24.7. The van der Waals surface area contributed by atoms with Crippen LogP contribution in [-0.2, 0) is 14.3 Å². The molecule has 10 nitrogen and oxygen atoms in total. The smallest absolute Gasteiger partial charge is 0.249 e. The van der Waals surface area contributed by atoms with Crippen LogP contribution >= 0.6 is 0 Å². The number of aliphatic hydroxyl groups excluding tert-OH is 6. The molecule has 0 aliphatic carbocycles. The Morgan fingerprint density at radius 2 is 1.09 bits per heavy atom. The van der Waals surface area contributed by atoms with Crippen LogP contribution in [0.25, 0.3) is 0 Å². The third-order valence-corrected chi connectivity index (χ3v) is 10.4. The molecule has 0 spiro atoms. The molecule has 0 bridgehead atoms. The van der Waals surface area contributed by atoms with Gasteiger partial charge in [-0.25, -0.2) is 0 Å². The van der Waals surface area contributed by atoms with Crippen LogP contribution in [-0.4, -0.2) is 98.7 Å². The lowest BCUT2D eigenvalue weighted by Crippen LogP contribution is -2.60. The number of carbonyl (C=O) groups excluding carboxylic acids is 1. The molecule has 0 aromatic carbocycles. The maximum Gasteiger partial charge on any atom is 0.249 e. The highest BCUT2D eigenvalue weighted by Gasteiger charge is 2.44. The van der Waals surface area contributed by atoms with E-state index >= 15 is 0 Å². The van der Waals surface area contributed by atoms with Crippen molar-refractivity contribution in [3.63, 3.8) is 0 Å². The lowest BCUT2D eigenvalue weighted by Gasteiger charge is -2.40. The number of nitrogens with one attached hydrogen (secondary N) is 1. The van der Waals surface area contributed by atoms with E-state index in [1.807, 2.05) is 6.08 Å². The van der Waals surface area contributed by atoms with Crippen LogP contribution in [0.15, 0.2) is 24.3 Å². The molecule has 1 aliphatic rings. The quantitative estimate of drug-likeness (QED) is 0.0259. The molecule has 1 fully saturated rings. The van der Waals surface area contributed by atoms with Crippen molar-refractivity contribution in [2.24, 2.45) is 0 Å². The minimum atomic E-state index is -1.61. The van der Waals surface area contributed by atoms with E-state index in [2.05, 4.69) is 31.3 Å². The molecule has 1 amide bonds. The summed E-state index contributed by atoms with van der Waals surface area (Å²) in [6, 6.07) is -0.979. The predicted molar refractivity (Wildman–Crippen MR) is 213 cm³/mol. The first-order valence-electron chi connectivity index (χ1n) is 21.7. The Hall–Kier alpha value is -1.37. The first-order valence-corrected chi connectivity index (χ1v) is 21.7. The largest absolute Gasteiger partial charge is 0.394 e. The highest BCUT2D eigenvalue weighted by Crippen LogP contribution is 2.22. The summed E-state index contributed by atoms with van der Waals surface area (Å²) in [5.41, 5.74) is 0. The summed E-state index contributed by atoms with van der Waals surface area (Å²) in [5, 5.41) is 64.5. The Kier molecular flexibility index (Phi) is 31.8. The summed E-state index contributed by atoms with van der Waals surface area (Å²) in [6.45, 7) is 3.57. The second-order valence-corrected chi connectivity index (χ2v) is 15.3. The number of unbranched alkanes of at least 4 members (excludes halogenated alkanes) is 22. The van der Waals surface area contributed by atoms with Gasteiger partial charge in [-0.1, -0.05) is 160 Å². The number of ether oxygens (including phenoxy) is 2. The first-order chi connectivity index (χ1) is 25.8. The first kappa shape index (κ1) is 49.6. The average molecular weight is 756 g/mol. The number of hydrogen-bond donors (Lipinski definition) is 7. The van der Waals surface area contributed by atoms with Crippen molar-refractivity contribution in [3.8, 4) is 0 Å². The zero-order chi connectivity index (χ0) is 38.9. The van der Waals surface area contributed by atoms with Crippen molar-refractivity contribution in [2.75, 3.05) is 13.2 Å². The van der Waals surface area contributed by atoms with Gasteiger partial charge < -0.3 is 45.4 Å². The average Bonchev–Trinajstić information content (AvgIpc) is 3.16. The van der Waals surface area contributed by atoms with Crippen LogP contribution in [0.4, 0.5) is 0 Å². The van der Waals surface area contributed by atoms with Gasteiger partial charge in [0, 0.05) is 0 Å². The molecule has 53 heavy (non-hydrogen) atoms. The van der Waals surface area contributed by atoms with Gasteiger partial charge in [-0.2, -0.15) is 0 Å². The molecule has 1 rings (SSSR count). The number of rotatable bonds is 35. The third-order valence-electron chi connectivity index (χ3n) is 10.4. The molecule has 10 heteroatoms. The van der Waals surface area contributed by atoms with E-state index in [1.54, 1.807) is 6.08 Å². The zero-order valence-corrected chi connectivity index (χ0v) is 33.6. The molecule has 0 aromatic rings. The highest BCUT2D eigenvalue weighted by molar-refractivity contribution is 5.80. The van der Waals surface area contributed by atoms with Crippen LogP contribution in [0.2, 0.25) is 0 Å². The highest BCUT2D eigenvalue weighted by atomic mass is 16.7. The number of allylic oxidation sites excluding steroid dienone is 3. The second-order valence-electron chi connectivity index (χ2n) is 15.3. The van der Waals surface area contributed by atoms with E-state index in [0.717, 1.165) is 44.9 Å². The van der Waals surface area contributed by atoms with Crippen LogP contribution in [0.5, 0.6) is 0 Å². The standard InChI is InChI=1S/C43H81NO9/c1-3-5-7-9-11-13-15-17-19-21-23-25-27-29-31-36(46)35(34-52-43-41(50)40(49)39(48)38(33-45)53-43)44-42(51)37(47)32-30-28-26-24-22-20-18-16-14-12-10-8-6-4-2/h14,16,29,31,35-41,43,45-50H,3-13,15,17-28,30,32-34H2,1-2H3,(H,44,51)/b16-14-,31-29+. The fourth-order valence-corrected chi connectivity index (χ4v) is 6.74. The van der Waals surface area contributed by atoms with Gasteiger partial charge in [-0.15, -0.1) is 0 Å². The van der Waals surface area contributed by atoms with Gasteiger partial charge in [0.25, 0.3) is 0 Å². The molecule has 1 saturated heterocycles. The van der Waals surface area contributed by atoms with Crippen molar-refractivity contribution >= 4 is 5.91 Å². The summed E-state index contributed by atoms with van der Waals surface area (Å²) in [4.78, 5) is 13.0. The van der Waals surface area contributed by atoms with Crippen LogP contribution in [0.1, 0.15) is 181 Å². The monoisotopic (exact) mass is 756 g/mol. The summed E-state index contributed by atoms with van der Waals surface area (Å²) >= 11 is 0. The topological polar surface area (TPSA) is 169 Å². The van der Waals surface area contributed by atoms with Crippen LogP contribution in [0, 0.1) is 0 Å². The number of carbonyl (C=O) groups is 1. The van der Waals surface area contributed by atoms with Crippen molar-refractivity contribution in [1.82, 2.24) is 5.32 Å². The fraction of sp³-hybridized carbons (Fsp3) is 0.884. The van der Waals surface area contributed by atoms with Gasteiger partial charge in [0.2, 0.25) is 5.91 Å². The van der Waals surface area contributed by atoms with Crippen LogP contribution in [0.3, 0.4) is 0 Å². The minimum Gasteiger partial charge on any atom is -0.394 e. The van der Waals surface area contributed by atoms with Gasteiger partial charge in [-0.05, 0) is 44.9 Å². The summed E-state index contributed by atoms with van der Waals surface area (Å²) < 4.78 is 11.1. The van der Waals surface area contributed by atoms with E-state index in [-0.39, 0.29) is 6.61 Å². The molecule has 312 valence electrons. The molecule has 0 radical (unpaired) electrons. The Labute approximate surface area is 322 Å². The Morgan fingerprint density at radius 1 is 0.642 bits per heavy atom. The SMILES string of the molecule is CCCCCC/C=C\CCCCCCCCC(O)C(=O)NC(COC1OC(CO)C(O)C(O)C1O)C(O)/C=C/CCCCCCCCCCCCCC. The molecule has 1 aliphatic heterocycles. The van der Waals surface area contributed by atoms with Crippen molar-refractivity contribution < 1.29 is 44.9 Å². The van der Waals surface area contributed by atoms with Gasteiger partial charge in [-0.3, -0.25) is 4.79 Å². The van der Waals surface area contributed by atoms with E-state index in [0.29, 0.717) is 12.8 Å². The number of aliphatic hydroxyl groups is 6. The molecule has 7 N–H and O–H groups in total. The van der Waals surface area contributed by atoms with Gasteiger partial charge in [0.05, 0.1) is 25.4 Å². The lowest BCUT2D eigenvalue weighted by molar-refractivity contribution is -0.302. The summed E-state index contributed by atoms with van der Waals surface area (Å²) in [7, 11) is 0. The molecule has 1 heterocycles. The maximum atomic E-state index is 13.0. The Morgan fingerprint density at radius 3 is 1.60 bits per heavy atom. The molecule has 8 atom stereocenters. The van der Waals surface area contributed by atoms with Crippen molar-refractivity contribution in [1.29, 1.82) is 0 Å². The summed E-state index contributed by atoms with van der Waals surface area (Å²) in [6.07, 6.45) is 28.3. The lowest BCUT2D eigenvalue weighted by atomic mass is 9.99. The van der Waals surface area contributed by atoms with E-state index in [4.69, 9.17) is 9.47 Å². The number of hydrogen-bond acceptors (Lipinski definition) is 9. The van der Waals surface area contributed by atoms with Gasteiger partial charge in [0.1, 0.15) is 30.5 Å². The zero-order valence-electron chi connectivity index (χ0n) is 33.6. The van der Waals surface area contributed by atoms with Crippen LogP contribution < -0.4 is 5.32 Å². The van der Waals surface area contributed by atoms with E-state index in [9.17, 15) is 35.4 Å². The van der Waals surface area contributed by atoms with Crippen molar-refractivity contribution in [3.05, 3.63) is 24.3 Å². The second kappa shape index (κ2) is 33.9. The van der Waals surface area contributed by atoms with E-state index < -0.39 is 61.5 Å².